The van der Waals surface area contributed by atoms with Crippen LogP contribution in [0.5, 0.6) is 0 Å². The maximum absolute atomic E-state index is 11.7. The van der Waals surface area contributed by atoms with Gasteiger partial charge in [0, 0.05) is 17.4 Å². The van der Waals surface area contributed by atoms with E-state index < -0.39 is 5.60 Å². The van der Waals surface area contributed by atoms with Gasteiger partial charge in [0.1, 0.15) is 6.10 Å². The Balaban J connectivity index is 2.05. The van der Waals surface area contributed by atoms with Gasteiger partial charge < -0.3 is 9.84 Å². The molecule has 0 aromatic heterocycles. The number of carbonyl (C=O) groups is 1. The number of fused-ring (bicyclic) bond motifs is 3. The highest BCUT2D eigenvalue weighted by molar-refractivity contribution is 5.91. The van der Waals surface area contributed by atoms with Crippen LogP contribution in [0.25, 0.3) is 0 Å². The van der Waals surface area contributed by atoms with E-state index in [1.54, 1.807) is 0 Å². The second-order valence-electron chi connectivity index (χ2n) is 5.82. The minimum Gasteiger partial charge on any atom is -0.457 e. The van der Waals surface area contributed by atoms with Gasteiger partial charge in [-0.3, -0.25) is 0 Å². The second kappa shape index (κ2) is 3.58. The zero-order valence-electron chi connectivity index (χ0n) is 10.8. The number of carbonyl (C=O) groups excluding carboxylic acids is 1. The van der Waals surface area contributed by atoms with Crippen molar-refractivity contribution in [3.05, 3.63) is 35.5 Å². The molecule has 96 valence electrons. The second-order valence-corrected chi connectivity index (χ2v) is 5.82. The molecule has 1 saturated carbocycles. The Morgan fingerprint density at radius 1 is 1.50 bits per heavy atom. The monoisotopic (exact) mass is 246 g/mol. The lowest BCUT2D eigenvalue weighted by Gasteiger charge is -2.30. The molecule has 3 nitrogen and oxygen atoms in total. The number of hydrogen-bond donors (Lipinski definition) is 1. The first-order valence-electron chi connectivity index (χ1n) is 6.43. The molecule has 0 bridgehead atoms. The molecule has 3 rings (SSSR count). The lowest BCUT2D eigenvalue weighted by Crippen LogP contribution is -2.33. The Kier molecular flexibility index (Phi) is 2.33. The first kappa shape index (κ1) is 11.7. The quantitative estimate of drug-likeness (QED) is 0.526. The molecule has 1 saturated heterocycles. The van der Waals surface area contributed by atoms with E-state index in [4.69, 9.17) is 4.74 Å². The van der Waals surface area contributed by atoms with Crippen molar-refractivity contribution >= 4 is 5.97 Å². The van der Waals surface area contributed by atoms with Gasteiger partial charge in [-0.15, -0.1) is 0 Å². The Hall–Kier alpha value is -1.35. The highest BCUT2D eigenvalue weighted by Gasteiger charge is 2.51. The summed E-state index contributed by atoms with van der Waals surface area (Å²) in [7, 11) is 0. The molecular formula is C15H18O3. The molecule has 3 heteroatoms. The highest BCUT2D eigenvalue weighted by atomic mass is 16.6. The van der Waals surface area contributed by atoms with Crippen molar-refractivity contribution in [3.63, 3.8) is 0 Å². The number of aliphatic hydroxyl groups is 1. The van der Waals surface area contributed by atoms with Crippen LogP contribution in [0.2, 0.25) is 0 Å². The standard InChI is InChI=1S/C15H18O3/c1-8-4-5-11-12(8)13-10(6-7-15(11,3)17)9(2)14(16)18-13/h4-5,10,12-13,17H,2,6-7H2,1,3H3/t10-,12-,13-,15+/m0/s1. The van der Waals surface area contributed by atoms with Crippen LogP contribution in [0.1, 0.15) is 26.7 Å². The Bertz CT molecular complexity index is 496. The Labute approximate surface area is 107 Å². The molecule has 3 aliphatic rings. The van der Waals surface area contributed by atoms with Crippen molar-refractivity contribution in [2.24, 2.45) is 11.8 Å². The summed E-state index contributed by atoms with van der Waals surface area (Å²) in [5.74, 6) is -0.206. The number of esters is 1. The van der Waals surface area contributed by atoms with Crippen LogP contribution in [0.4, 0.5) is 0 Å². The van der Waals surface area contributed by atoms with Gasteiger partial charge in [-0.25, -0.2) is 4.79 Å². The summed E-state index contributed by atoms with van der Waals surface area (Å²) in [4.78, 5) is 11.7. The first-order chi connectivity index (χ1) is 8.42. The minimum atomic E-state index is -0.810. The molecule has 0 aromatic rings. The van der Waals surface area contributed by atoms with Crippen LogP contribution >= 0.6 is 0 Å². The zero-order valence-corrected chi connectivity index (χ0v) is 10.8. The Morgan fingerprint density at radius 2 is 2.22 bits per heavy atom. The van der Waals surface area contributed by atoms with Crippen LogP contribution < -0.4 is 0 Å². The topological polar surface area (TPSA) is 46.5 Å². The maximum atomic E-state index is 11.7. The third-order valence-electron chi connectivity index (χ3n) is 4.59. The van der Waals surface area contributed by atoms with Crippen LogP contribution in [-0.2, 0) is 9.53 Å². The zero-order chi connectivity index (χ0) is 13.1. The maximum Gasteiger partial charge on any atom is 0.334 e. The molecule has 2 aliphatic carbocycles. The van der Waals surface area contributed by atoms with E-state index in [0.717, 1.165) is 17.6 Å². The van der Waals surface area contributed by atoms with E-state index in [0.29, 0.717) is 12.0 Å². The molecular weight excluding hydrogens is 228 g/mol. The smallest absolute Gasteiger partial charge is 0.334 e. The summed E-state index contributed by atoms with van der Waals surface area (Å²) in [6.07, 6.45) is 5.23. The fourth-order valence-corrected chi connectivity index (χ4v) is 3.48. The van der Waals surface area contributed by atoms with E-state index in [9.17, 15) is 9.90 Å². The van der Waals surface area contributed by atoms with Crippen LogP contribution in [0.3, 0.4) is 0 Å². The molecule has 0 spiro atoms. The summed E-state index contributed by atoms with van der Waals surface area (Å²) in [5, 5.41) is 10.6. The minimum absolute atomic E-state index is 0.0238. The molecule has 1 aliphatic heterocycles. The summed E-state index contributed by atoms with van der Waals surface area (Å²) in [6.45, 7) is 7.73. The fourth-order valence-electron chi connectivity index (χ4n) is 3.48. The molecule has 2 fully saturated rings. The van der Waals surface area contributed by atoms with Gasteiger partial charge in [0.05, 0.1) is 5.60 Å². The van der Waals surface area contributed by atoms with Gasteiger partial charge in [-0.2, -0.15) is 0 Å². The summed E-state index contributed by atoms with van der Waals surface area (Å²) < 4.78 is 5.50. The summed E-state index contributed by atoms with van der Waals surface area (Å²) in [5.41, 5.74) is 1.90. The molecule has 0 unspecified atom stereocenters. The third kappa shape index (κ3) is 1.43. The van der Waals surface area contributed by atoms with Crippen molar-refractivity contribution in [2.75, 3.05) is 0 Å². The number of rotatable bonds is 0. The van der Waals surface area contributed by atoms with Gasteiger partial charge in [0.25, 0.3) is 0 Å². The summed E-state index contributed by atoms with van der Waals surface area (Å²) >= 11 is 0. The highest BCUT2D eigenvalue weighted by Crippen LogP contribution is 2.49. The van der Waals surface area contributed by atoms with Crippen molar-refractivity contribution in [1.29, 1.82) is 0 Å². The van der Waals surface area contributed by atoms with Crippen molar-refractivity contribution in [1.82, 2.24) is 0 Å². The van der Waals surface area contributed by atoms with Gasteiger partial charge in [-0.1, -0.05) is 24.3 Å². The lowest BCUT2D eigenvalue weighted by molar-refractivity contribution is -0.140. The summed E-state index contributed by atoms with van der Waals surface area (Å²) in [6, 6.07) is 0. The predicted molar refractivity (Wildman–Crippen MR) is 67.7 cm³/mol. The first-order valence-corrected chi connectivity index (χ1v) is 6.43. The third-order valence-corrected chi connectivity index (χ3v) is 4.59. The average molecular weight is 246 g/mol. The van der Waals surface area contributed by atoms with Crippen LogP contribution in [0.15, 0.2) is 35.5 Å². The van der Waals surface area contributed by atoms with Crippen molar-refractivity contribution < 1.29 is 14.6 Å². The van der Waals surface area contributed by atoms with Crippen LogP contribution in [0, 0.1) is 11.8 Å². The van der Waals surface area contributed by atoms with E-state index in [-0.39, 0.29) is 23.9 Å². The van der Waals surface area contributed by atoms with Gasteiger partial charge in [0.2, 0.25) is 0 Å². The molecule has 0 aromatic carbocycles. The number of allylic oxidation sites excluding steroid dienone is 2. The molecule has 1 N–H and O–H groups in total. The molecule has 0 amide bonds. The van der Waals surface area contributed by atoms with E-state index in [1.807, 2.05) is 26.0 Å². The van der Waals surface area contributed by atoms with E-state index >= 15 is 0 Å². The number of ether oxygens (including phenoxy) is 1. The van der Waals surface area contributed by atoms with Gasteiger partial charge in [0.15, 0.2) is 0 Å². The Morgan fingerprint density at radius 3 is 2.94 bits per heavy atom. The lowest BCUT2D eigenvalue weighted by atomic mass is 9.81. The van der Waals surface area contributed by atoms with E-state index in [2.05, 4.69) is 6.58 Å². The average Bonchev–Trinajstić information content (AvgIpc) is 2.76. The van der Waals surface area contributed by atoms with Gasteiger partial charge in [-0.05, 0) is 32.3 Å². The molecule has 4 atom stereocenters. The molecule has 1 heterocycles. The fraction of sp³-hybridized carbons (Fsp3) is 0.533. The van der Waals surface area contributed by atoms with Gasteiger partial charge >= 0.3 is 5.97 Å². The predicted octanol–water partition coefficient (Wildman–Crippen LogP) is 2.13. The number of hydrogen-bond acceptors (Lipinski definition) is 3. The molecule has 18 heavy (non-hydrogen) atoms. The van der Waals surface area contributed by atoms with Crippen molar-refractivity contribution in [3.8, 4) is 0 Å². The molecule has 0 radical (unpaired) electrons. The largest absolute Gasteiger partial charge is 0.457 e. The van der Waals surface area contributed by atoms with Crippen LogP contribution in [-0.4, -0.2) is 22.8 Å². The SMILES string of the molecule is C=C1C(=O)O[C@@H]2[C@H]3C(C)=CC=C3[C@](C)(O)CC[C@@H]12. The normalized spacial score (nSPS) is 42.7. The van der Waals surface area contributed by atoms with E-state index in [1.165, 1.54) is 0 Å². The van der Waals surface area contributed by atoms with Crippen molar-refractivity contribution in [2.45, 2.75) is 38.4 Å².